The first-order chi connectivity index (χ1) is 8.85. The average molecular weight is 247 g/mol. The van der Waals surface area contributed by atoms with Crippen LogP contribution in [0, 0.1) is 5.41 Å². The SMILES string of the molecule is CNCC1(CCCc2ccccc2)CCOCC1. The van der Waals surface area contributed by atoms with Crippen molar-refractivity contribution in [2.45, 2.75) is 32.1 Å². The van der Waals surface area contributed by atoms with Crippen molar-refractivity contribution in [3.8, 4) is 0 Å². The molecule has 1 aliphatic heterocycles. The highest BCUT2D eigenvalue weighted by Crippen LogP contribution is 2.35. The van der Waals surface area contributed by atoms with Crippen LogP contribution in [0.5, 0.6) is 0 Å². The maximum absolute atomic E-state index is 5.51. The zero-order valence-corrected chi connectivity index (χ0v) is 11.5. The number of aryl methyl sites for hydroxylation is 1. The smallest absolute Gasteiger partial charge is 0.0471 e. The third kappa shape index (κ3) is 3.82. The van der Waals surface area contributed by atoms with Gasteiger partial charge in [-0.15, -0.1) is 0 Å². The van der Waals surface area contributed by atoms with E-state index in [0.717, 1.165) is 19.8 Å². The van der Waals surface area contributed by atoms with Gasteiger partial charge in [-0.1, -0.05) is 30.3 Å². The highest BCUT2D eigenvalue weighted by molar-refractivity contribution is 5.14. The van der Waals surface area contributed by atoms with Crippen molar-refractivity contribution in [3.63, 3.8) is 0 Å². The normalized spacial score (nSPS) is 18.7. The summed E-state index contributed by atoms with van der Waals surface area (Å²) in [7, 11) is 2.06. The summed E-state index contributed by atoms with van der Waals surface area (Å²) in [6, 6.07) is 10.8. The van der Waals surface area contributed by atoms with Crippen molar-refractivity contribution >= 4 is 0 Å². The third-order valence-electron chi connectivity index (χ3n) is 4.12. The van der Waals surface area contributed by atoms with Gasteiger partial charge < -0.3 is 10.1 Å². The van der Waals surface area contributed by atoms with E-state index in [-0.39, 0.29) is 0 Å². The van der Waals surface area contributed by atoms with Crippen LogP contribution >= 0.6 is 0 Å². The summed E-state index contributed by atoms with van der Waals surface area (Å²) in [5, 5.41) is 3.37. The second kappa shape index (κ2) is 6.91. The number of rotatable bonds is 6. The summed E-state index contributed by atoms with van der Waals surface area (Å²) in [4.78, 5) is 0. The van der Waals surface area contributed by atoms with Crippen LogP contribution in [-0.2, 0) is 11.2 Å². The second-order valence-electron chi connectivity index (χ2n) is 5.48. The molecule has 1 N–H and O–H groups in total. The summed E-state index contributed by atoms with van der Waals surface area (Å²) >= 11 is 0. The lowest BCUT2D eigenvalue weighted by Gasteiger charge is -2.37. The van der Waals surface area contributed by atoms with Crippen molar-refractivity contribution in [1.82, 2.24) is 5.32 Å². The molecule has 1 aliphatic rings. The van der Waals surface area contributed by atoms with E-state index in [1.165, 1.54) is 37.7 Å². The Kier molecular flexibility index (Phi) is 5.21. The van der Waals surface area contributed by atoms with Gasteiger partial charge in [-0.3, -0.25) is 0 Å². The Bertz CT molecular complexity index is 325. The van der Waals surface area contributed by atoms with Gasteiger partial charge in [0.25, 0.3) is 0 Å². The third-order valence-corrected chi connectivity index (χ3v) is 4.12. The van der Waals surface area contributed by atoms with Gasteiger partial charge in [0.1, 0.15) is 0 Å². The largest absolute Gasteiger partial charge is 0.381 e. The average Bonchev–Trinajstić information content (AvgIpc) is 2.41. The monoisotopic (exact) mass is 247 g/mol. The Morgan fingerprint density at radius 2 is 1.89 bits per heavy atom. The van der Waals surface area contributed by atoms with Gasteiger partial charge >= 0.3 is 0 Å². The summed E-state index contributed by atoms with van der Waals surface area (Å²) in [5.41, 5.74) is 1.94. The standard InChI is InChI=1S/C16H25NO/c1-17-14-16(10-12-18-13-11-16)9-5-8-15-6-3-2-4-7-15/h2-4,6-7,17H,5,8-14H2,1H3. The van der Waals surface area contributed by atoms with Crippen molar-refractivity contribution in [2.24, 2.45) is 5.41 Å². The molecule has 0 unspecified atom stereocenters. The maximum atomic E-state index is 5.51. The van der Waals surface area contributed by atoms with Crippen molar-refractivity contribution in [1.29, 1.82) is 0 Å². The van der Waals surface area contributed by atoms with E-state index >= 15 is 0 Å². The molecular weight excluding hydrogens is 222 g/mol. The van der Waals surface area contributed by atoms with Crippen LogP contribution in [0.1, 0.15) is 31.2 Å². The van der Waals surface area contributed by atoms with Gasteiger partial charge in [0, 0.05) is 19.8 Å². The highest BCUT2D eigenvalue weighted by atomic mass is 16.5. The van der Waals surface area contributed by atoms with Gasteiger partial charge in [-0.25, -0.2) is 0 Å². The van der Waals surface area contributed by atoms with Crippen LogP contribution < -0.4 is 5.32 Å². The summed E-state index contributed by atoms with van der Waals surface area (Å²) in [5.74, 6) is 0. The molecule has 1 fully saturated rings. The molecule has 18 heavy (non-hydrogen) atoms. The predicted molar refractivity (Wildman–Crippen MR) is 75.8 cm³/mol. The minimum Gasteiger partial charge on any atom is -0.381 e. The van der Waals surface area contributed by atoms with E-state index in [0.29, 0.717) is 5.41 Å². The number of hydrogen-bond donors (Lipinski definition) is 1. The molecule has 0 aliphatic carbocycles. The van der Waals surface area contributed by atoms with Crippen molar-refractivity contribution in [2.75, 3.05) is 26.8 Å². The van der Waals surface area contributed by atoms with Crippen molar-refractivity contribution < 1.29 is 4.74 Å². The minimum absolute atomic E-state index is 0.474. The fourth-order valence-corrected chi connectivity index (χ4v) is 3.01. The van der Waals surface area contributed by atoms with E-state index in [4.69, 9.17) is 4.74 Å². The van der Waals surface area contributed by atoms with E-state index in [1.54, 1.807) is 0 Å². The zero-order chi connectivity index (χ0) is 12.7. The molecule has 0 atom stereocenters. The molecule has 0 amide bonds. The zero-order valence-electron chi connectivity index (χ0n) is 11.5. The second-order valence-corrected chi connectivity index (χ2v) is 5.48. The van der Waals surface area contributed by atoms with E-state index < -0.39 is 0 Å². The number of hydrogen-bond acceptors (Lipinski definition) is 2. The number of benzene rings is 1. The molecule has 2 rings (SSSR count). The first-order valence-electron chi connectivity index (χ1n) is 7.11. The quantitative estimate of drug-likeness (QED) is 0.834. The molecule has 0 bridgehead atoms. The molecular formula is C16H25NO. The molecule has 2 nitrogen and oxygen atoms in total. The molecule has 1 aromatic carbocycles. The topological polar surface area (TPSA) is 21.3 Å². The van der Waals surface area contributed by atoms with Gasteiger partial charge in [-0.05, 0) is 50.1 Å². The van der Waals surface area contributed by atoms with Gasteiger partial charge in [-0.2, -0.15) is 0 Å². The Balaban J connectivity index is 1.82. The molecule has 1 aromatic rings. The van der Waals surface area contributed by atoms with Gasteiger partial charge in [0.2, 0.25) is 0 Å². The summed E-state index contributed by atoms with van der Waals surface area (Å²) in [6.45, 7) is 3.01. The first-order valence-corrected chi connectivity index (χ1v) is 7.11. The summed E-state index contributed by atoms with van der Waals surface area (Å²) < 4.78 is 5.51. The Morgan fingerprint density at radius 1 is 1.17 bits per heavy atom. The predicted octanol–water partition coefficient (Wildman–Crippen LogP) is 3.03. The highest BCUT2D eigenvalue weighted by Gasteiger charge is 2.31. The molecule has 0 radical (unpaired) electrons. The molecule has 0 aromatic heterocycles. The molecule has 1 heterocycles. The summed E-state index contributed by atoms with van der Waals surface area (Å²) in [6.07, 6.45) is 6.22. The van der Waals surface area contributed by atoms with Crippen LogP contribution in [-0.4, -0.2) is 26.8 Å². The van der Waals surface area contributed by atoms with E-state index in [9.17, 15) is 0 Å². The first kappa shape index (κ1) is 13.6. The van der Waals surface area contributed by atoms with Crippen molar-refractivity contribution in [3.05, 3.63) is 35.9 Å². The van der Waals surface area contributed by atoms with E-state index in [2.05, 4.69) is 42.7 Å². The fraction of sp³-hybridized carbons (Fsp3) is 0.625. The van der Waals surface area contributed by atoms with E-state index in [1.807, 2.05) is 0 Å². The fourth-order valence-electron chi connectivity index (χ4n) is 3.01. The molecule has 100 valence electrons. The van der Waals surface area contributed by atoms with Crippen LogP contribution in [0.25, 0.3) is 0 Å². The Hall–Kier alpha value is -0.860. The number of nitrogens with one attached hydrogen (secondary N) is 1. The molecule has 0 spiro atoms. The van der Waals surface area contributed by atoms with Gasteiger partial charge in [0.15, 0.2) is 0 Å². The van der Waals surface area contributed by atoms with Gasteiger partial charge in [0.05, 0.1) is 0 Å². The minimum atomic E-state index is 0.474. The molecule has 0 saturated carbocycles. The Labute approximate surface area is 111 Å². The van der Waals surface area contributed by atoms with Crippen LogP contribution in [0.4, 0.5) is 0 Å². The lowest BCUT2D eigenvalue weighted by molar-refractivity contribution is 0.0104. The number of ether oxygens (including phenoxy) is 1. The van der Waals surface area contributed by atoms with Crippen LogP contribution in [0.2, 0.25) is 0 Å². The maximum Gasteiger partial charge on any atom is 0.0471 e. The lowest BCUT2D eigenvalue weighted by Crippen LogP contribution is -2.38. The molecule has 1 saturated heterocycles. The molecule has 2 heteroatoms. The Morgan fingerprint density at radius 3 is 2.56 bits per heavy atom. The van der Waals surface area contributed by atoms with Crippen LogP contribution in [0.15, 0.2) is 30.3 Å². The van der Waals surface area contributed by atoms with Crippen LogP contribution in [0.3, 0.4) is 0 Å². The lowest BCUT2D eigenvalue weighted by atomic mass is 9.75.